The van der Waals surface area contributed by atoms with Crippen molar-refractivity contribution in [2.75, 3.05) is 0 Å². The number of fused-ring (bicyclic) bond motifs is 1. The minimum Gasteiger partial charge on any atom is -0.421 e. The Hall–Kier alpha value is -1.90. The van der Waals surface area contributed by atoms with Gasteiger partial charge >= 0.3 is 5.97 Å². The number of ether oxygens (including phenoxy) is 1. The van der Waals surface area contributed by atoms with E-state index in [0.29, 0.717) is 5.76 Å². The predicted octanol–water partition coefficient (Wildman–Crippen LogP) is 1.33. The third-order valence-corrected chi connectivity index (χ3v) is 2.10. The molecular weight excluding hydrogens is 180 g/mol. The van der Waals surface area contributed by atoms with E-state index in [1.807, 2.05) is 24.3 Å². The average molecular weight is 188 g/mol. The van der Waals surface area contributed by atoms with E-state index in [4.69, 9.17) is 4.74 Å². The van der Waals surface area contributed by atoms with Gasteiger partial charge in [0.25, 0.3) is 0 Å². The van der Waals surface area contributed by atoms with Crippen molar-refractivity contribution in [3.63, 3.8) is 0 Å². The van der Waals surface area contributed by atoms with Crippen LogP contribution in [0.25, 0.3) is 5.76 Å². The molecule has 0 radical (unpaired) electrons. The fourth-order valence-electron chi connectivity index (χ4n) is 1.48. The van der Waals surface area contributed by atoms with Crippen molar-refractivity contribution < 1.29 is 14.3 Å². The maximum absolute atomic E-state index is 10.7. The highest BCUT2D eigenvalue weighted by Crippen LogP contribution is 2.27. The molecule has 0 atom stereocenters. The molecule has 1 aromatic carbocycles. The van der Waals surface area contributed by atoms with E-state index in [9.17, 15) is 9.59 Å². The number of rotatable bonds is 2. The standard InChI is InChI=1S/C11H8O3/c12-7-11(13)14-10-6-5-8-3-1-2-4-9(8)10/h1-4,6-7H,5H2. The first-order chi connectivity index (χ1) is 6.81. The highest BCUT2D eigenvalue weighted by molar-refractivity contribution is 6.21. The largest absolute Gasteiger partial charge is 0.421 e. The summed E-state index contributed by atoms with van der Waals surface area (Å²) in [5, 5.41) is 0. The molecule has 0 unspecified atom stereocenters. The first-order valence-corrected chi connectivity index (χ1v) is 4.26. The Kier molecular flexibility index (Phi) is 2.14. The minimum atomic E-state index is -0.854. The normalized spacial score (nSPS) is 13.0. The summed E-state index contributed by atoms with van der Waals surface area (Å²) in [5.74, 6) is -0.370. The van der Waals surface area contributed by atoms with Crippen LogP contribution in [0.5, 0.6) is 0 Å². The molecule has 0 saturated heterocycles. The van der Waals surface area contributed by atoms with Crippen LogP contribution in [0.1, 0.15) is 11.1 Å². The van der Waals surface area contributed by atoms with E-state index >= 15 is 0 Å². The summed E-state index contributed by atoms with van der Waals surface area (Å²) >= 11 is 0. The SMILES string of the molecule is O=CC(=O)OC1=CCc2ccccc21. The lowest BCUT2D eigenvalue weighted by Crippen LogP contribution is -2.03. The Morgan fingerprint density at radius 3 is 2.93 bits per heavy atom. The summed E-state index contributed by atoms with van der Waals surface area (Å²) in [5.41, 5.74) is 2.00. The van der Waals surface area contributed by atoms with E-state index in [0.717, 1.165) is 17.5 Å². The molecule has 3 nitrogen and oxygen atoms in total. The van der Waals surface area contributed by atoms with Gasteiger partial charge in [-0.05, 0) is 18.1 Å². The number of hydrogen-bond donors (Lipinski definition) is 0. The van der Waals surface area contributed by atoms with Crippen molar-refractivity contribution >= 4 is 18.0 Å². The van der Waals surface area contributed by atoms with Crippen molar-refractivity contribution in [3.05, 3.63) is 41.5 Å². The molecule has 0 N–H and O–H groups in total. The zero-order valence-corrected chi connectivity index (χ0v) is 7.40. The summed E-state index contributed by atoms with van der Waals surface area (Å²) in [6.07, 6.45) is 2.71. The Morgan fingerprint density at radius 1 is 1.36 bits per heavy atom. The molecule has 0 heterocycles. The minimum absolute atomic E-state index is 0.168. The first kappa shape index (κ1) is 8.69. The number of carbonyl (C=O) groups excluding carboxylic acids is 2. The van der Waals surface area contributed by atoms with Crippen LogP contribution in [-0.2, 0) is 20.7 Å². The zero-order valence-electron chi connectivity index (χ0n) is 7.40. The Morgan fingerprint density at radius 2 is 2.14 bits per heavy atom. The lowest BCUT2D eigenvalue weighted by atomic mass is 10.1. The molecule has 0 spiro atoms. The summed E-state index contributed by atoms with van der Waals surface area (Å²) in [4.78, 5) is 20.8. The smallest absolute Gasteiger partial charge is 0.376 e. The molecule has 0 fully saturated rings. The third kappa shape index (κ3) is 1.44. The van der Waals surface area contributed by atoms with Gasteiger partial charge < -0.3 is 4.74 Å². The maximum atomic E-state index is 10.7. The number of benzene rings is 1. The van der Waals surface area contributed by atoms with Gasteiger partial charge in [-0.25, -0.2) is 4.79 Å². The van der Waals surface area contributed by atoms with Gasteiger partial charge in [0.2, 0.25) is 6.29 Å². The Bertz CT molecular complexity index is 418. The molecule has 0 bridgehead atoms. The molecule has 2 rings (SSSR count). The lowest BCUT2D eigenvalue weighted by Gasteiger charge is -2.03. The van der Waals surface area contributed by atoms with Gasteiger partial charge in [0.05, 0.1) is 0 Å². The van der Waals surface area contributed by atoms with Crippen molar-refractivity contribution in [1.82, 2.24) is 0 Å². The van der Waals surface area contributed by atoms with Gasteiger partial charge in [-0.3, -0.25) is 4.79 Å². The van der Waals surface area contributed by atoms with Crippen molar-refractivity contribution in [3.8, 4) is 0 Å². The van der Waals surface area contributed by atoms with Crippen LogP contribution in [0.4, 0.5) is 0 Å². The monoisotopic (exact) mass is 188 g/mol. The molecule has 1 aliphatic rings. The molecule has 1 aliphatic carbocycles. The molecule has 1 aromatic rings. The molecule has 0 saturated carbocycles. The second kappa shape index (κ2) is 3.46. The number of hydrogen-bond acceptors (Lipinski definition) is 3. The highest BCUT2D eigenvalue weighted by Gasteiger charge is 2.16. The van der Waals surface area contributed by atoms with E-state index in [-0.39, 0.29) is 6.29 Å². The number of allylic oxidation sites excluding steroid dienone is 1. The predicted molar refractivity (Wildman–Crippen MR) is 50.3 cm³/mol. The average Bonchev–Trinajstić information content (AvgIpc) is 2.62. The third-order valence-electron chi connectivity index (χ3n) is 2.10. The summed E-state index contributed by atoms with van der Waals surface area (Å²) in [6.45, 7) is 0. The molecular formula is C11H8O3. The van der Waals surface area contributed by atoms with E-state index < -0.39 is 5.97 Å². The molecule has 0 aliphatic heterocycles. The molecule has 70 valence electrons. The second-order valence-corrected chi connectivity index (χ2v) is 2.97. The molecule has 14 heavy (non-hydrogen) atoms. The first-order valence-electron chi connectivity index (χ1n) is 4.26. The Labute approximate surface area is 81.0 Å². The van der Waals surface area contributed by atoms with Gasteiger partial charge in [-0.2, -0.15) is 0 Å². The van der Waals surface area contributed by atoms with Gasteiger partial charge in [0.15, 0.2) is 0 Å². The van der Waals surface area contributed by atoms with Gasteiger partial charge in [0.1, 0.15) is 5.76 Å². The quantitative estimate of drug-likeness (QED) is 0.399. The van der Waals surface area contributed by atoms with E-state index in [1.54, 1.807) is 6.08 Å². The zero-order chi connectivity index (χ0) is 9.97. The Balaban J connectivity index is 2.25. The van der Waals surface area contributed by atoms with Crippen LogP contribution in [0.3, 0.4) is 0 Å². The van der Waals surface area contributed by atoms with Crippen LogP contribution in [0.2, 0.25) is 0 Å². The summed E-state index contributed by atoms with van der Waals surface area (Å²) in [6, 6.07) is 7.63. The van der Waals surface area contributed by atoms with Gasteiger partial charge in [-0.1, -0.05) is 24.3 Å². The van der Waals surface area contributed by atoms with Crippen LogP contribution < -0.4 is 0 Å². The van der Waals surface area contributed by atoms with E-state index in [2.05, 4.69) is 0 Å². The number of esters is 1. The lowest BCUT2D eigenvalue weighted by molar-refractivity contribution is -0.143. The highest BCUT2D eigenvalue weighted by atomic mass is 16.5. The van der Waals surface area contributed by atoms with Crippen LogP contribution in [0, 0.1) is 0 Å². The molecule has 3 heteroatoms. The van der Waals surface area contributed by atoms with Crippen LogP contribution in [-0.4, -0.2) is 12.3 Å². The molecule has 0 amide bonds. The van der Waals surface area contributed by atoms with Crippen molar-refractivity contribution in [1.29, 1.82) is 0 Å². The van der Waals surface area contributed by atoms with Crippen LogP contribution >= 0.6 is 0 Å². The molecule has 0 aromatic heterocycles. The number of aldehydes is 1. The van der Waals surface area contributed by atoms with E-state index in [1.165, 1.54) is 0 Å². The fourth-order valence-corrected chi connectivity index (χ4v) is 1.48. The van der Waals surface area contributed by atoms with Gasteiger partial charge in [-0.15, -0.1) is 0 Å². The fraction of sp³-hybridized carbons (Fsp3) is 0.0909. The maximum Gasteiger partial charge on any atom is 0.376 e. The van der Waals surface area contributed by atoms with Gasteiger partial charge in [0, 0.05) is 5.56 Å². The topological polar surface area (TPSA) is 43.4 Å². The van der Waals surface area contributed by atoms with Crippen molar-refractivity contribution in [2.45, 2.75) is 6.42 Å². The van der Waals surface area contributed by atoms with Crippen LogP contribution in [0.15, 0.2) is 30.3 Å². The summed E-state index contributed by atoms with van der Waals surface area (Å²) < 4.78 is 4.84. The second-order valence-electron chi connectivity index (χ2n) is 2.97. The summed E-state index contributed by atoms with van der Waals surface area (Å²) in [7, 11) is 0. The number of carbonyl (C=O) groups is 2. The van der Waals surface area contributed by atoms with Crippen molar-refractivity contribution in [2.24, 2.45) is 0 Å².